The maximum Gasteiger partial charge on any atom is 0.334 e. The van der Waals surface area contributed by atoms with Gasteiger partial charge < -0.3 is 9.47 Å². The summed E-state index contributed by atoms with van der Waals surface area (Å²) in [5.74, 6) is 0.166. The zero-order chi connectivity index (χ0) is 10.1. The highest BCUT2D eigenvalue weighted by molar-refractivity contribution is 5.85. The van der Waals surface area contributed by atoms with Gasteiger partial charge >= 0.3 is 5.97 Å². The van der Waals surface area contributed by atoms with Crippen LogP contribution in [-0.4, -0.2) is 36.2 Å². The number of rotatable bonds is 2. The number of nitrogens with zero attached hydrogens (tertiary/aromatic N) is 1. The summed E-state index contributed by atoms with van der Waals surface area (Å²) in [6, 6.07) is 0. The van der Waals surface area contributed by atoms with Gasteiger partial charge in [-0.2, -0.15) is 0 Å². The van der Waals surface area contributed by atoms with E-state index >= 15 is 0 Å². The molecule has 1 atom stereocenters. The predicted molar refractivity (Wildman–Crippen MR) is 45.9 cm³/mol. The van der Waals surface area contributed by atoms with Gasteiger partial charge in [0.1, 0.15) is 5.76 Å². The third-order valence-electron chi connectivity index (χ3n) is 2.20. The van der Waals surface area contributed by atoms with Gasteiger partial charge in [-0.1, -0.05) is 0 Å². The lowest BCUT2D eigenvalue weighted by molar-refractivity contribution is -0.154. The van der Waals surface area contributed by atoms with Crippen LogP contribution in [0.3, 0.4) is 0 Å². The van der Waals surface area contributed by atoms with Gasteiger partial charge in [-0.05, 0) is 6.92 Å². The Kier molecular flexibility index (Phi) is 2.15. The second-order valence-corrected chi connectivity index (χ2v) is 3.16. The number of carbonyl (C=O) groups excluding carboxylic acids is 2. The number of β-lactam (4-membered cyclic amide) rings is 1. The molecule has 2 rings (SSSR count). The highest BCUT2D eigenvalue weighted by Gasteiger charge is 2.43. The van der Waals surface area contributed by atoms with Crippen LogP contribution >= 0.6 is 0 Å². The number of ether oxygens (including phenoxy) is 2. The van der Waals surface area contributed by atoms with Crippen molar-refractivity contribution in [2.24, 2.45) is 0 Å². The van der Waals surface area contributed by atoms with Gasteiger partial charge in [0.25, 0.3) is 0 Å². The SMILES string of the molecule is CCOC(=O)/C=C1\CN2C(=O)CC2O1. The van der Waals surface area contributed by atoms with E-state index in [0.717, 1.165) is 0 Å². The Bertz CT molecular complexity index is 310. The molecular weight excluding hydrogens is 186 g/mol. The Morgan fingerprint density at radius 1 is 1.79 bits per heavy atom. The average Bonchev–Trinajstić information content (AvgIpc) is 2.43. The predicted octanol–water partition coefficient (Wildman–Crippen LogP) is 0.0220. The number of fused-ring (bicyclic) bond motifs is 1. The lowest BCUT2D eigenvalue weighted by Crippen LogP contribution is -2.48. The number of esters is 1. The molecule has 0 saturated carbocycles. The van der Waals surface area contributed by atoms with Crippen LogP contribution in [0.25, 0.3) is 0 Å². The number of carbonyl (C=O) groups is 2. The minimum Gasteiger partial charge on any atom is -0.472 e. The van der Waals surface area contributed by atoms with E-state index in [0.29, 0.717) is 25.3 Å². The molecule has 76 valence electrons. The third kappa shape index (κ3) is 1.45. The van der Waals surface area contributed by atoms with Crippen LogP contribution in [0, 0.1) is 0 Å². The summed E-state index contributed by atoms with van der Waals surface area (Å²) in [6.07, 6.45) is 1.57. The molecule has 0 aromatic heterocycles. The number of hydrogen-bond donors (Lipinski definition) is 0. The van der Waals surface area contributed by atoms with Crippen LogP contribution in [0.1, 0.15) is 13.3 Å². The minimum atomic E-state index is -0.419. The van der Waals surface area contributed by atoms with Crippen LogP contribution in [-0.2, 0) is 19.1 Å². The van der Waals surface area contributed by atoms with E-state index < -0.39 is 5.97 Å². The Morgan fingerprint density at radius 3 is 3.14 bits per heavy atom. The van der Waals surface area contributed by atoms with Crippen molar-refractivity contribution in [1.29, 1.82) is 0 Å². The average molecular weight is 197 g/mol. The molecule has 1 amide bonds. The van der Waals surface area contributed by atoms with Gasteiger partial charge in [-0.15, -0.1) is 0 Å². The molecule has 5 nitrogen and oxygen atoms in total. The van der Waals surface area contributed by atoms with E-state index in [1.165, 1.54) is 6.08 Å². The summed E-state index contributed by atoms with van der Waals surface area (Å²) in [5.41, 5.74) is 0. The zero-order valence-electron chi connectivity index (χ0n) is 7.86. The fraction of sp³-hybridized carbons (Fsp3) is 0.556. The quantitative estimate of drug-likeness (QED) is 0.356. The van der Waals surface area contributed by atoms with Crippen molar-refractivity contribution in [3.8, 4) is 0 Å². The van der Waals surface area contributed by atoms with Crippen LogP contribution < -0.4 is 0 Å². The van der Waals surface area contributed by atoms with E-state index in [4.69, 9.17) is 9.47 Å². The first kappa shape index (κ1) is 9.05. The highest BCUT2D eigenvalue weighted by Crippen LogP contribution is 2.30. The summed E-state index contributed by atoms with van der Waals surface area (Å²) in [5, 5.41) is 0. The van der Waals surface area contributed by atoms with Crippen molar-refractivity contribution in [2.45, 2.75) is 19.6 Å². The molecule has 0 spiro atoms. The van der Waals surface area contributed by atoms with Gasteiger partial charge in [-0.25, -0.2) is 4.79 Å². The number of amides is 1. The third-order valence-corrected chi connectivity index (χ3v) is 2.20. The molecule has 0 aromatic carbocycles. The van der Waals surface area contributed by atoms with Crippen LogP contribution in [0.5, 0.6) is 0 Å². The first-order valence-corrected chi connectivity index (χ1v) is 4.54. The fourth-order valence-electron chi connectivity index (χ4n) is 1.50. The molecule has 2 fully saturated rings. The molecule has 0 aliphatic carbocycles. The van der Waals surface area contributed by atoms with Crippen LogP contribution in [0.4, 0.5) is 0 Å². The second kappa shape index (κ2) is 3.32. The van der Waals surface area contributed by atoms with E-state index in [1.54, 1.807) is 11.8 Å². The van der Waals surface area contributed by atoms with Gasteiger partial charge in [0.15, 0.2) is 6.23 Å². The van der Waals surface area contributed by atoms with Gasteiger partial charge in [-0.3, -0.25) is 9.69 Å². The van der Waals surface area contributed by atoms with Crippen molar-refractivity contribution >= 4 is 11.9 Å². The molecular formula is C9H11NO4. The molecule has 2 saturated heterocycles. The normalized spacial score (nSPS) is 26.9. The van der Waals surface area contributed by atoms with E-state index in [-0.39, 0.29) is 12.1 Å². The molecule has 0 N–H and O–H groups in total. The zero-order valence-corrected chi connectivity index (χ0v) is 7.86. The largest absolute Gasteiger partial charge is 0.472 e. The topological polar surface area (TPSA) is 55.8 Å². The second-order valence-electron chi connectivity index (χ2n) is 3.16. The summed E-state index contributed by atoms with van der Waals surface area (Å²) < 4.78 is 10.0. The van der Waals surface area contributed by atoms with Gasteiger partial charge in [0, 0.05) is 0 Å². The molecule has 2 heterocycles. The van der Waals surface area contributed by atoms with Crippen molar-refractivity contribution < 1.29 is 19.1 Å². The lowest BCUT2D eigenvalue weighted by Gasteiger charge is -2.30. The summed E-state index contributed by atoms with van der Waals surface area (Å²) >= 11 is 0. The summed E-state index contributed by atoms with van der Waals surface area (Å²) in [4.78, 5) is 23.6. The standard InChI is InChI=1S/C9H11NO4/c1-2-13-9(12)3-6-5-10-7(11)4-8(10)14-6/h3,8H,2,4-5H2,1H3/b6-3+. The molecule has 2 aliphatic rings. The van der Waals surface area contributed by atoms with Gasteiger partial charge in [0.05, 0.1) is 25.6 Å². The van der Waals surface area contributed by atoms with Crippen molar-refractivity contribution in [2.75, 3.05) is 13.2 Å². The van der Waals surface area contributed by atoms with Gasteiger partial charge in [0.2, 0.25) is 5.91 Å². The van der Waals surface area contributed by atoms with E-state index in [9.17, 15) is 9.59 Å². The minimum absolute atomic E-state index is 0.0715. The van der Waals surface area contributed by atoms with E-state index in [1.807, 2.05) is 0 Å². The van der Waals surface area contributed by atoms with Crippen molar-refractivity contribution in [3.63, 3.8) is 0 Å². The summed E-state index contributed by atoms with van der Waals surface area (Å²) in [7, 11) is 0. The lowest BCUT2D eigenvalue weighted by atomic mass is 10.2. The Hall–Kier alpha value is -1.52. The fourth-order valence-corrected chi connectivity index (χ4v) is 1.50. The molecule has 14 heavy (non-hydrogen) atoms. The van der Waals surface area contributed by atoms with Crippen LogP contribution in [0.15, 0.2) is 11.8 Å². The van der Waals surface area contributed by atoms with Crippen molar-refractivity contribution in [1.82, 2.24) is 4.90 Å². The maximum atomic E-state index is 11.0. The Morgan fingerprint density at radius 2 is 2.57 bits per heavy atom. The smallest absolute Gasteiger partial charge is 0.334 e. The molecule has 0 bridgehead atoms. The molecule has 5 heteroatoms. The monoisotopic (exact) mass is 197 g/mol. The number of hydrogen-bond acceptors (Lipinski definition) is 4. The molecule has 1 unspecified atom stereocenters. The molecule has 0 radical (unpaired) electrons. The summed E-state index contributed by atoms with van der Waals surface area (Å²) in [6.45, 7) is 2.47. The van der Waals surface area contributed by atoms with Crippen molar-refractivity contribution in [3.05, 3.63) is 11.8 Å². The Labute approximate surface area is 81.3 Å². The first-order chi connectivity index (χ1) is 6.70. The maximum absolute atomic E-state index is 11.0. The highest BCUT2D eigenvalue weighted by atomic mass is 16.5. The van der Waals surface area contributed by atoms with E-state index in [2.05, 4.69) is 0 Å². The molecule has 0 aromatic rings. The first-order valence-electron chi connectivity index (χ1n) is 4.54. The van der Waals surface area contributed by atoms with Crippen LogP contribution in [0.2, 0.25) is 0 Å². The molecule has 2 aliphatic heterocycles. The Balaban J connectivity index is 1.95.